The molecule has 13 heavy (non-hydrogen) atoms. The summed E-state index contributed by atoms with van der Waals surface area (Å²) in [5.41, 5.74) is 1.96. The van der Waals surface area contributed by atoms with E-state index in [1.807, 2.05) is 5.43 Å². The van der Waals surface area contributed by atoms with Crippen molar-refractivity contribution < 1.29 is 13.2 Å². The molecule has 1 heterocycles. The molecule has 1 atom stereocenters. The molecule has 0 aromatic rings. The maximum absolute atomic E-state index is 11.2. The summed E-state index contributed by atoms with van der Waals surface area (Å²) in [7, 11) is -3.29. The fourth-order valence-corrected chi connectivity index (χ4v) is 2.62. The third-order valence-electron chi connectivity index (χ3n) is 2.07. The van der Waals surface area contributed by atoms with Gasteiger partial charge in [0.15, 0.2) is 0 Å². The maximum Gasteiger partial charge on any atom is 0.252 e. The van der Waals surface area contributed by atoms with Crippen molar-refractivity contribution in [3.05, 3.63) is 0 Å². The van der Waals surface area contributed by atoms with E-state index in [2.05, 4.69) is 0 Å². The number of rotatable bonds is 2. The lowest BCUT2D eigenvalue weighted by Crippen LogP contribution is -2.47. The molecule has 0 aromatic carbocycles. The number of carbonyl (C=O) groups is 1. The molecule has 3 N–H and O–H groups in total. The zero-order valence-electron chi connectivity index (χ0n) is 7.36. The summed E-state index contributed by atoms with van der Waals surface area (Å²) in [4.78, 5) is 11.1. The molecule has 0 spiro atoms. The van der Waals surface area contributed by atoms with Gasteiger partial charge in [0.2, 0.25) is 10.0 Å². The Kier molecular flexibility index (Phi) is 2.89. The van der Waals surface area contributed by atoms with Gasteiger partial charge >= 0.3 is 0 Å². The molecule has 0 unspecified atom stereocenters. The summed E-state index contributed by atoms with van der Waals surface area (Å²) in [5.74, 6) is 4.49. The summed E-state index contributed by atoms with van der Waals surface area (Å²) in [6.07, 6.45) is 2.33. The van der Waals surface area contributed by atoms with Gasteiger partial charge in [-0.3, -0.25) is 10.2 Å². The Balaban J connectivity index is 2.82. The molecule has 1 fully saturated rings. The molecule has 6 nitrogen and oxygen atoms in total. The van der Waals surface area contributed by atoms with Crippen molar-refractivity contribution in [1.82, 2.24) is 9.73 Å². The van der Waals surface area contributed by atoms with Gasteiger partial charge < -0.3 is 0 Å². The van der Waals surface area contributed by atoms with Crippen molar-refractivity contribution in [2.45, 2.75) is 18.9 Å². The van der Waals surface area contributed by atoms with Gasteiger partial charge in [0, 0.05) is 6.54 Å². The van der Waals surface area contributed by atoms with Gasteiger partial charge in [-0.05, 0) is 12.8 Å². The minimum atomic E-state index is -3.29. The van der Waals surface area contributed by atoms with Crippen LogP contribution in [0.15, 0.2) is 0 Å². The third-order valence-corrected chi connectivity index (χ3v) is 3.36. The molecule has 0 aliphatic carbocycles. The minimum absolute atomic E-state index is 0.400. The van der Waals surface area contributed by atoms with Crippen LogP contribution in [0.4, 0.5) is 0 Å². The summed E-state index contributed by atoms with van der Waals surface area (Å²) < 4.78 is 23.5. The molecule has 1 aliphatic rings. The van der Waals surface area contributed by atoms with E-state index in [9.17, 15) is 13.2 Å². The van der Waals surface area contributed by atoms with Gasteiger partial charge in [0.05, 0.1) is 6.26 Å². The molecule has 1 aliphatic heterocycles. The van der Waals surface area contributed by atoms with Crippen LogP contribution < -0.4 is 11.3 Å². The molecule has 0 bridgehead atoms. The van der Waals surface area contributed by atoms with Gasteiger partial charge in [0.25, 0.3) is 5.91 Å². The summed E-state index contributed by atoms with van der Waals surface area (Å²) in [5, 5.41) is 0. The van der Waals surface area contributed by atoms with Crippen molar-refractivity contribution >= 4 is 15.9 Å². The van der Waals surface area contributed by atoms with Crippen molar-refractivity contribution in [1.29, 1.82) is 0 Å². The fraction of sp³-hybridized carbons (Fsp3) is 0.833. The van der Waals surface area contributed by atoms with Crippen LogP contribution in [0.5, 0.6) is 0 Å². The lowest BCUT2D eigenvalue weighted by molar-refractivity contribution is -0.124. The predicted octanol–water partition coefficient (Wildman–Crippen LogP) is -1.60. The first-order valence-electron chi connectivity index (χ1n) is 3.94. The number of sulfonamides is 1. The van der Waals surface area contributed by atoms with Crippen LogP contribution in [0, 0.1) is 0 Å². The molecular formula is C6H13N3O3S. The first kappa shape index (κ1) is 10.4. The highest BCUT2D eigenvalue weighted by molar-refractivity contribution is 7.88. The molecule has 0 saturated carbocycles. The second-order valence-corrected chi connectivity index (χ2v) is 4.98. The number of amides is 1. The van der Waals surface area contributed by atoms with E-state index in [4.69, 9.17) is 5.84 Å². The Bertz CT molecular complexity index is 300. The minimum Gasteiger partial charge on any atom is -0.293 e. The van der Waals surface area contributed by atoms with Crippen LogP contribution in [0.2, 0.25) is 0 Å². The Labute approximate surface area is 77.1 Å². The van der Waals surface area contributed by atoms with Crippen LogP contribution in [0.3, 0.4) is 0 Å². The smallest absolute Gasteiger partial charge is 0.252 e. The first-order chi connectivity index (χ1) is 5.96. The van der Waals surface area contributed by atoms with Gasteiger partial charge in [-0.25, -0.2) is 14.3 Å². The normalized spacial score (nSPS) is 24.6. The van der Waals surface area contributed by atoms with Crippen molar-refractivity contribution in [2.75, 3.05) is 12.8 Å². The van der Waals surface area contributed by atoms with E-state index >= 15 is 0 Å². The maximum atomic E-state index is 11.2. The van der Waals surface area contributed by atoms with Gasteiger partial charge in [0.1, 0.15) is 6.04 Å². The van der Waals surface area contributed by atoms with Crippen molar-refractivity contribution in [3.8, 4) is 0 Å². The SMILES string of the molecule is CS(=O)(=O)N1CCC[C@@H]1C(=O)NN. The molecule has 76 valence electrons. The average Bonchev–Trinajstić information content (AvgIpc) is 2.49. The van der Waals surface area contributed by atoms with Gasteiger partial charge in [-0.15, -0.1) is 0 Å². The summed E-state index contributed by atoms with van der Waals surface area (Å²) in [6.45, 7) is 0.400. The number of hydrogen-bond acceptors (Lipinski definition) is 4. The van der Waals surface area contributed by atoms with E-state index in [1.165, 1.54) is 4.31 Å². The molecule has 7 heteroatoms. The Hall–Kier alpha value is -0.660. The number of nitrogens with one attached hydrogen (secondary N) is 1. The zero-order chi connectivity index (χ0) is 10.1. The lowest BCUT2D eigenvalue weighted by atomic mass is 10.2. The van der Waals surface area contributed by atoms with Crippen LogP contribution in [-0.4, -0.2) is 37.5 Å². The second kappa shape index (κ2) is 3.60. The number of hydrogen-bond donors (Lipinski definition) is 2. The van der Waals surface area contributed by atoms with E-state index in [-0.39, 0.29) is 0 Å². The quantitative estimate of drug-likeness (QED) is 0.324. The largest absolute Gasteiger partial charge is 0.293 e. The van der Waals surface area contributed by atoms with E-state index in [0.717, 1.165) is 6.26 Å². The molecule has 1 saturated heterocycles. The number of hydrazine groups is 1. The highest BCUT2D eigenvalue weighted by Gasteiger charge is 2.35. The monoisotopic (exact) mass is 207 g/mol. The second-order valence-electron chi connectivity index (χ2n) is 3.04. The van der Waals surface area contributed by atoms with E-state index in [1.54, 1.807) is 0 Å². The van der Waals surface area contributed by atoms with Crippen molar-refractivity contribution in [2.24, 2.45) is 5.84 Å². The molecule has 1 rings (SSSR count). The fourth-order valence-electron chi connectivity index (χ4n) is 1.50. The third kappa shape index (κ3) is 2.17. The first-order valence-corrected chi connectivity index (χ1v) is 5.79. The molecule has 0 radical (unpaired) electrons. The molecule has 1 amide bonds. The van der Waals surface area contributed by atoms with E-state index < -0.39 is 22.0 Å². The number of nitrogens with zero attached hydrogens (tertiary/aromatic N) is 1. The summed E-state index contributed by atoms with van der Waals surface area (Å²) in [6, 6.07) is -0.625. The average molecular weight is 207 g/mol. The topological polar surface area (TPSA) is 92.5 Å². The predicted molar refractivity (Wildman–Crippen MR) is 46.9 cm³/mol. The highest BCUT2D eigenvalue weighted by atomic mass is 32.2. The Morgan fingerprint density at radius 2 is 2.23 bits per heavy atom. The zero-order valence-corrected chi connectivity index (χ0v) is 8.17. The number of carbonyl (C=O) groups excluding carboxylic acids is 1. The Morgan fingerprint density at radius 1 is 1.62 bits per heavy atom. The van der Waals surface area contributed by atoms with Crippen LogP contribution in [0.25, 0.3) is 0 Å². The van der Waals surface area contributed by atoms with Crippen molar-refractivity contribution in [3.63, 3.8) is 0 Å². The molecule has 0 aromatic heterocycles. The van der Waals surface area contributed by atoms with Crippen LogP contribution >= 0.6 is 0 Å². The standard InChI is InChI=1S/C6H13N3O3S/c1-13(11,12)9-4-2-3-5(9)6(10)8-7/h5H,2-4,7H2,1H3,(H,8,10)/t5-/m1/s1. The summed E-state index contributed by atoms with van der Waals surface area (Å²) >= 11 is 0. The van der Waals surface area contributed by atoms with Crippen LogP contribution in [0.1, 0.15) is 12.8 Å². The van der Waals surface area contributed by atoms with Gasteiger partial charge in [-0.2, -0.15) is 4.31 Å². The van der Waals surface area contributed by atoms with E-state index in [0.29, 0.717) is 19.4 Å². The number of nitrogens with two attached hydrogens (primary N) is 1. The lowest BCUT2D eigenvalue weighted by Gasteiger charge is -2.19. The molecular weight excluding hydrogens is 194 g/mol. The van der Waals surface area contributed by atoms with Gasteiger partial charge in [-0.1, -0.05) is 0 Å². The Morgan fingerprint density at radius 3 is 2.69 bits per heavy atom. The van der Waals surface area contributed by atoms with Crippen LogP contribution in [-0.2, 0) is 14.8 Å². The highest BCUT2D eigenvalue weighted by Crippen LogP contribution is 2.19.